The number of ether oxygens (including phenoxy) is 2. The van der Waals surface area contributed by atoms with Crippen LogP contribution < -0.4 is 14.8 Å². The van der Waals surface area contributed by atoms with Crippen LogP contribution in [0.2, 0.25) is 0 Å². The Hall–Kier alpha value is -1.81. The molecule has 0 heterocycles. The Labute approximate surface area is 132 Å². The third-order valence-electron chi connectivity index (χ3n) is 4.00. The smallest absolute Gasteiger partial charge is 0.180 e. The number of benzene rings is 1. The molecule has 2 rings (SSSR count). The number of hydrogen-bond acceptors (Lipinski definition) is 4. The van der Waals surface area contributed by atoms with Crippen molar-refractivity contribution in [3.63, 3.8) is 0 Å². The van der Waals surface area contributed by atoms with E-state index in [1.165, 1.54) is 31.3 Å². The Morgan fingerprint density at radius 3 is 2.77 bits per heavy atom. The highest BCUT2D eigenvalue weighted by Gasteiger charge is 2.13. The molecule has 0 aromatic heterocycles. The first-order valence-electron chi connectivity index (χ1n) is 7.88. The molecule has 1 aliphatic carbocycles. The van der Waals surface area contributed by atoms with E-state index in [4.69, 9.17) is 9.47 Å². The predicted molar refractivity (Wildman–Crippen MR) is 87.9 cm³/mol. The molecular weight excluding hydrogens is 278 g/mol. The fourth-order valence-electron chi connectivity index (χ4n) is 2.71. The van der Waals surface area contributed by atoms with Gasteiger partial charge in [-0.1, -0.05) is 11.6 Å². The zero-order valence-electron chi connectivity index (χ0n) is 13.5. The van der Waals surface area contributed by atoms with Crippen molar-refractivity contribution in [1.82, 2.24) is 5.32 Å². The van der Waals surface area contributed by atoms with E-state index < -0.39 is 0 Å². The van der Waals surface area contributed by atoms with Gasteiger partial charge in [-0.2, -0.15) is 0 Å². The maximum absolute atomic E-state index is 12.3. The largest absolute Gasteiger partial charge is 0.497 e. The SMILES string of the molecule is COc1ccc(OC)c(C(=O)CNCCC2=CCCCC2)c1. The molecule has 4 heteroatoms. The zero-order valence-corrected chi connectivity index (χ0v) is 13.5. The van der Waals surface area contributed by atoms with Crippen molar-refractivity contribution < 1.29 is 14.3 Å². The number of hydrogen-bond donors (Lipinski definition) is 1. The van der Waals surface area contributed by atoms with E-state index in [2.05, 4.69) is 11.4 Å². The molecule has 1 aliphatic rings. The van der Waals surface area contributed by atoms with Crippen molar-refractivity contribution in [2.45, 2.75) is 32.1 Å². The molecule has 0 saturated heterocycles. The average Bonchev–Trinajstić information content (AvgIpc) is 2.58. The van der Waals surface area contributed by atoms with Gasteiger partial charge in [0.15, 0.2) is 5.78 Å². The summed E-state index contributed by atoms with van der Waals surface area (Å²) in [7, 11) is 3.16. The van der Waals surface area contributed by atoms with Crippen molar-refractivity contribution >= 4 is 5.78 Å². The summed E-state index contributed by atoms with van der Waals surface area (Å²) in [5, 5.41) is 3.23. The topological polar surface area (TPSA) is 47.6 Å². The number of carbonyl (C=O) groups is 1. The predicted octanol–water partition coefficient (Wildman–Crippen LogP) is 3.37. The third-order valence-corrected chi connectivity index (χ3v) is 4.00. The van der Waals surface area contributed by atoms with E-state index in [-0.39, 0.29) is 5.78 Å². The van der Waals surface area contributed by atoms with E-state index in [9.17, 15) is 4.79 Å². The lowest BCUT2D eigenvalue weighted by atomic mass is 9.97. The molecule has 1 aromatic carbocycles. The molecule has 0 saturated carbocycles. The van der Waals surface area contributed by atoms with Gasteiger partial charge in [0.05, 0.1) is 26.3 Å². The molecule has 0 atom stereocenters. The number of carbonyl (C=O) groups excluding carboxylic acids is 1. The van der Waals surface area contributed by atoms with E-state index in [1.54, 1.807) is 32.4 Å². The second kappa shape index (κ2) is 8.59. The maximum Gasteiger partial charge on any atom is 0.180 e. The molecule has 0 aliphatic heterocycles. The van der Waals surface area contributed by atoms with Crippen LogP contribution in [0.3, 0.4) is 0 Å². The molecular formula is C18H25NO3. The Morgan fingerprint density at radius 1 is 1.23 bits per heavy atom. The Morgan fingerprint density at radius 2 is 2.09 bits per heavy atom. The van der Waals surface area contributed by atoms with Crippen molar-refractivity contribution in [3.8, 4) is 11.5 Å². The maximum atomic E-state index is 12.3. The minimum absolute atomic E-state index is 0.0216. The first-order chi connectivity index (χ1) is 10.7. The number of Topliss-reactive ketones (excluding diaryl/α,β-unsaturated/α-hetero) is 1. The van der Waals surface area contributed by atoms with Crippen LogP contribution in [0.1, 0.15) is 42.5 Å². The Balaban J connectivity index is 1.85. The van der Waals surface area contributed by atoms with E-state index in [0.717, 1.165) is 13.0 Å². The normalized spacial score (nSPS) is 14.4. The number of ketones is 1. The molecule has 0 unspecified atom stereocenters. The number of nitrogens with one attached hydrogen (secondary N) is 1. The van der Waals surface area contributed by atoms with Crippen LogP contribution in [0.15, 0.2) is 29.8 Å². The molecule has 4 nitrogen and oxygen atoms in total. The standard InChI is InChI=1S/C18H25NO3/c1-21-15-8-9-18(22-2)16(12-15)17(20)13-19-11-10-14-6-4-3-5-7-14/h6,8-9,12,19H,3-5,7,10-11,13H2,1-2H3. The molecule has 0 spiro atoms. The summed E-state index contributed by atoms with van der Waals surface area (Å²) >= 11 is 0. The molecule has 1 aromatic rings. The summed E-state index contributed by atoms with van der Waals surface area (Å²) in [4.78, 5) is 12.3. The van der Waals surface area contributed by atoms with Gasteiger partial charge in [0, 0.05) is 0 Å². The fourth-order valence-corrected chi connectivity index (χ4v) is 2.71. The van der Waals surface area contributed by atoms with Gasteiger partial charge >= 0.3 is 0 Å². The average molecular weight is 303 g/mol. The molecule has 0 radical (unpaired) electrons. The molecule has 120 valence electrons. The van der Waals surface area contributed by atoms with Crippen molar-refractivity contribution in [1.29, 1.82) is 0 Å². The summed E-state index contributed by atoms with van der Waals surface area (Å²) in [6.07, 6.45) is 8.39. The zero-order chi connectivity index (χ0) is 15.8. The van der Waals surface area contributed by atoms with Gasteiger partial charge in [0.2, 0.25) is 0 Å². The lowest BCUT2D eigenvalue weighted by molar-refractivity contribution is 0.0988. The summed E-state index contributed by atoms with van der Waals surface area (Å²) in [5.41, 5.74) is 2.08. The van der Waals surface area contributed by atoms with Gasteiger partial charge in [-0.3, -0.25) is 4.79 Å². The number of methoxy groups -OCH3 is 2. The van der Waals surface area contributed by atoms with Crippen molar-refractivity contribution in [2.75, 3.05) is 27.3 Å². The number of allylic oxidation sites excluding steroid dienone is 1. The van der Waals surface area contributed by atoms with Crippen LogP contribution in [0.25, 0.3) is 0 Å². The van der Waals surface area contributed by atoms with E-state index >= 15 is 0 Å². The highest BCUT2D eigenvalue weighted by Crippen LogP contribution is 2.24. The van der Waals surface area contributed by atoms with Gasteiger partial charge in [-0.05, 0) is 56.8 Å². The summed E-state index contributed by atoms with van der Waals surface area (Å²) in [6.45, 7) is 1.15. The Kier molecular flexibility index (Phi) is 6.46. The van der Waals surface area contributed by atoms with Gasteiger partial charge < -0.3 is 14.8 Å². The van der Waals surface area contributed by atoms with Crippen molar-refractivity contribution in [3.05, 3.63) is 35.4 Å². The van der Waals surface area contributed by atoms with Gasteiger partial charge in [-0.15, -0.1) is 0 Å². The molecule has 0 amide bonds. The van der Waals surface area contributed by atoms with Gasteiger partial charge in [-0.25, -0.2) is 0 Å². The summed E-state index contributed by atoms with van der Waals surface area (Å²) in [5.74, 6) is 1.27. The minimum atomic E-state index is 0.0216. The van der Waals surface area contributed by atoms with Crippen LogP contribution in [0.5, 0.6) is 11.5 Å². The molecule has 0 fully saturated rings. The van der Waals surface area contributed by atoms with E-state index in [0.29, 0.717) is 23.6 Å². The van der Waals surface area contributed by atoms with Crippen LogP contribution >= 0.6 is 0 Å². The second-order valence-electron chi connectivity index (χ2n) is 5.52. The first kappa shape index (κ1) is 16.6. The summed E-state index contributed by atoms with van der Waals surface area (Å²) < 4.78 is 10.4. The van der Waals surface area contributed by atoms with Crippen LogP contribution in [0, 0.1) is 0 Å². The quantitative estimate of drug-likeness (QED) is 0.454. The fraction of sp³-hybridized carbons (Fsp3) is 0.500. The first-order valence-corrected chi connectivity index (χ1v) is 7.88. The monoisotopic (exact) mass is 303 g/mol. The highest BCUT2D eigenvalue weighted by atomic mass is 16.5. The van der Waals surface area contributed by atoms with Crippen LogP contribution in [-0.4, -0.2) is 33.1 Å². The molecule has 22 heavy (non-hydrogen) atoms. The molecule has 1 N–H and O–H groups in total. The third kappa shape index (κ3) is 4.60. The summed E-state index contributed by atoms with van der Waals surface area (Å²) in [6, 6.07) is 5.28. The Bertz CT molecular complexity index is 537. The highest BCUT2D eigenvalue weighted by molar-refractivity contribution is 6.00. The van der Waals surface area contributed by atoms with Crippen molar-refractivity contribution in [2.24, 2.45) is 0 Å². The lowest BCUT2D eigenvalue weighted by Gasteiger charge is -2.13. The molecule has 0 bridgehead atoms. The van der Waals surface area contributed by atoms with Gasteiger partial charge in [0.25, 0.3) is 0 Å². The van der Waals surface area contributed by atoms with Crippen LogP contribution in [0.4, 0.5) is 0 Å². The van der Waals surface area contributed by atoms with Crippen LogP contribution in [-0.2, 0) is 0 Å². The van der Waals surface area contributed by atoms with Gasteiger partial charge in [0.1, 0.15) is 11.5 Å². The van der Waals surface area contributed by atoms with E-state index in [1.807, 2.05) is 0 Å². The minimum Gasteiger partial charge on any atom is -0.497 e. The lowest BCUT2D eigenvalue weighted by Crippen LogP contribution is -2.24. The second-order valence-corrected chi connectivity index (χ2v) is 5.52. The number of rotatable bonds is 8.